The van der Waals surface area contributed by atoms with Gasteiger partial charge < -0.3 is 10.2 Å². The Balaban J connectivity index is 1.81. The van der Waals surface area contributed by atoms with E-state index in [0.29, 0.717) is 5.56 Å². The maximum atomic E-state index is 12.5. The summed E-state index contributed by atoms with van der Waals surface area (Å²) in [5.41, 5.74) is 1.57. The Hall–Kier alpha value is -1.66. The number of nitrogens with one attached hydrogen (secondary N) is 1. The average Bonchev–Trinajstić information content (AvgIpc) is 2.98. The van der Waals surface area contributed by atoms with Gasteiger partial charge in [0.2, 0.25) is 0 Å². The number of aromatic nitrogens is 2. The SMILES string of the molecule is C[C@H]1CNCCN1C(=O)c1cnn(-c2ccc(Br)cc2)c1. The van der Waals surface area contributed by atoms with Crippen LogP contribution in [-0.4, -0.2) is 46.3 Å². The van der Waals surface area contributed by atoms with Crippen LogP contribution in [0.1, 0.15) is 17.3 Å². The smallest absolute Gasteiger partial charge is 0.257 e. The summed E-state index contributed by atoms with van der Waals surface area (Å²) >= 11 is 3.41. The summed E-state index contributed by atoms with van der Waals surface area (Å²) in [6.07, 6.45) is 3.43. The summed E-state index contributed by atoms with van der Waals surface area (Å²) in [4.78, 5) is 14.4. The van der Waals surface area contributed by atoms with E-state index in [1.807, 2.05) is 29.2 Å². The molecule has 5 nitrogen and oxygen atoms in total. The number of hydrogen-bond acceptors (Lipinski definition) is 3. The molecule has 1 aromatic heterocycles. The quantitative estimate of drug-likeness (QED) is 0.903. The molecule has 1 atom stereocenters. The van der Waals surface area contributed by atoms with Gasteiger partial charge in [0, 0.05) is 36.3 Å². The van der Waals surface area contributed by atoms with E-state index in [1.54, 1.807) is 17.1 Å². The van der Waals surface area contributed by atoms with E-state index < -0.39 is 0 Å². The van der Waals surface area contributed by atoms with Crippen LogP contribution < -0.4 is 5.32 Å². The van der Waals surface area contributed by atoms with Crippen LogP contribution in [0, 0.1) is 0 Å². The van der Waals surface area contributed by atoms with Crippen LogP contribution in [-0.2, 0) is 0 Å². The van der Waals surface area contributed by atoms with Gasteiger partial charge in [0.05, 0.1) is 17.4 Å². The summed E-state index contributed by atoms with van der Waals surface area (Å²) in [5.74, 6) is 0.0485. The van der Waals surface area contributed by atoms with Crippen LogP contribution in [0.25, 0.3) is 5.69 Å². The molecule has 0 radical (unpaired) electrons. The molecule has 0 spiro atoms. The average molecular weight is 349 g/mol. The molecule has 21 heavy (non-hydrogen) atoms. The van der Waals surface area contributed by atoms with Gasteiger partial charge in [-0.2, -0.15) is 5.10 Å². The number of benzene rings is 1. The van der Waals surface area contributed by atoms with Gasteiger partial charge in [0.25, 0.3) is 5.91 Å². The van der Waals surface area contributed by atoms with Gasteiger partial charge in [0.1, 0.15) is 0 Å². The summed E-state index contributed by atoms with van der Waals surface area (Å²) in [6.45, 7) is 4.48. The lowest BCUT2D eigenvalue weighted by atomic mass is 10.2. The minimum absolute atomic E-state index is 0.0485. The number of halogens is 1. The number of piperazine rings is 1. The van der Waals surface area contributed by atoms with Gasteiger partial charge in [-0.3, -0.25) is 4.79 Å². The third-order valence-corrected chi connectivity index (χ3v) is 4.21. The molecule has 2 heterocycles. The summed E-state index contributed by atoms with van der Waals surface area (Å²) in [5, 5.41) is 7.58. The number of rotatable bonds is 2. The molecule has 0 unspecified atom stereocenters. The monoisotopic (exact) mass is 348 g/mol. The van der Waals surface area contributed by atoms with Crippen molar-refractivity contribution in [1.29, 1.82) is 0 Å². The first-order chi connectivity index (χ1) is 10.1. The van der Waals surface area contributed by atoms with Crippen molar-refractivity contribution in [3.05, 3.63) is 46.7 Å². The van der Waals surface area contributed by atoms with E-state index in [0.717, 1.165) is 29.8 Å². The fourth-order valence-electron chi connectivity index (χ4n) is 2.48. The number of hydrogen-bond donors (Lipinski definition) is 1. The summed E-state index contributed by atoms with van der Waals surface area (Å²) < 4.78 is 2.75. The van der Waals surface area contributed by atoms with E-state index in [9.17, 15) is 4.79 Å². The molecule has 3 rings (SSSR count). The first-order valence-corrected chi connectivity index (χ1v) is 7.77. The molecule has 1 aliphatic heterocycles. The second-order valence-electron chi connectivity index (χ2n) is 5.20. The van der Waals surface area contributed by atoms with E-state index >= 15 is 0 Å². The minimum atomic E-state index is 0.0485. The summed E-state index contributed by atoms with van der Waals surface area (Å²) in [7, 11) is 0. The molecular weight excluding hydrogens is 332 g/mol. The Morgan fingerprint density at radius 1 is 1.38 bits per heavy atom. The molecule has 1 saturated heterocycles. The van der Waals surface area contributed by atoms with Crippen molar-refractivity contribution in [3.63, 3.8) is 0 Å². The van der Waals surface area contributed by atoms with Gasteiger partial charge in [-0.1, -0.05) is 15.9 Å². The van der Waals surface area contributed by atoms with Gasteiger partial charge in [-0.05, 0) is 31.2 Å². The molecule has 0 aliphatic carbocycles. The minimum Gasteiger partial charge on any atom is -0.333 e. The molecule has 1 amide bonds. The van der Waals surface area contributed by atoms with E-state index in [-0.39, 0.29) is 11.9 Å². The molecule has 6 heteroatoms. The lowest BCUT2D eigenvalue weighted by Crippen LogP contribution is -2.52. The zero-order valence-corrected chi connectivity index (χ0v) is 13.4. The fourth-order valence-corrected chi connectivity index (χ4v) is 2.74. The van der Waals surface area contributed by atoms with Crippen molar-refractivity contribution in [2.75, 3.05) is 19.6 Å². The van der Waals surface area contributed by atoms with Gasteiger partial charge in [0.15, 0.2) is 0 Å². The van der Waals surface area contributed by atoms with Crippen LogP contribution in [0.15, 0.2) is 41.1 Å². The predicted octanol–water partition coefficient (Wildman–Crippen LogP) is 2.07. The third-order valence-electron chi connectivity index (χ3n) is 3.68. The van der Waals surface area contributed by atoms with E-state index in [1.165, 1.54) is 0 Å². The van der Waals surface area contributed by atoms with Crippen molar-refractivity contribution in [3.8, 4) is 5.69 Å². The molecule has 1 aromatic carbocycles. The maximum absolute atomic E-state index is 12.5. The van der Waals surface area contributed by atoms with Crippen LogP contribution in [0.2, 0.25) is 0 Å². The van der Waals surface area contributed by atoms with Gasteiger partial charge in [-0.25, -0.2) is 4.68 Å². The highest BCUT2D eigenvalue weighted by Gasteiger charge is 2.24. The van der Waals surface area contributed by atoms with E-state index in [2.05, 4.69) is 33.3 Å². The topological polar surface area (TPSA) is 50.2 Å². The van der Waals surface area contributed by atoms with Crippen LogP contribution in [0.5, 0.6) is 0 Å². The second kappa shape index (κ2) is 5.99. The zero-order valence-electron chi connectivity index (χ0n) is 11.8. The molecule has 1 aliphatic rings. The lowest BCUT2D eigenvalue weighted by molar-refractivity contribution is 0.0656. The molecule has 110 valence electrons. The second-order valence-corrected chi connectivity index (χ2v) is 6.12. The van der Waals surface area contributed by atoms with Crippen molar-refractivity contribution in [2.45, 2.75) is 13.0 Å². The fraction of sp³-hybridized carbons (Fsp3) is 0.333. The molecule has 0 bridgehead atoms. The Bertz CT molecular complexity index is 637. The largest absolute Gasteiger partial charge is 0.333 e. The Morgan fingerprint density at radius 3 is 2.86 bits per heavy atom. The van der Waals surface area contributed by atoms with Crippen LogP contribution in [0.4, 0.5) is 0 Å². The highest BCUT2D eigenvalue weighted by Crippen LogP contribution is 2.15. The highest BCUT2D eigenvalue weighted by atomic mass is 79.9. The number of carbonyl (C=O) groups excluding carboxylic acids is 1. The van der Waals surface area contributed by atoms with Crippen molar-refractivity contribution < 1.29 is 4.79 Å². The normalized spacial score (nSPS) is 18.8. The Kier molecular flexibility index (Phi) is 4.07. The first-order valence-electron chi connectivity index (χ1n) is 6.97. The molecule has 1 fully saturated rings. The van der Waals surface area contributed by atoms with Crippen molar-refractivity contribution in [1.82, 2.24) is 20.0 Å². The molecule has 1 N–H and O–H groups in total. The Labute approximate surface area is 132 Å². The molecule has 2 aromatic rings. The van der Waals surface area contributed by atoms with E-state index in [4.69, 9.17) is 0 Å². The molecular formula is C15H17BrN4O. The Morgan fingerprint density at radius 2 is 2.14 bits per heavy atom. The third kappa shape index (κ3) is 3.01. The van der Waals surface area contributed by atoms with Crippen molar-refractivity contribution in [2.24, 2.45) is 0 Å². The van der Waals surface area contributed by atoms with Crippen LogP contribution in [0.3, 0.4) is 0 Å². The highest BCUT2D eigenvalue weighted by molar-refractivity contribution is 9.10. The lowest BCUT2D eigenvalue weighted by Gasteiger charge is -2.33. The summed E-state index contributed by atoms with van der Waals surface area (Å²) in [6, 6.07) is 8.04. The van der Waals surface area contributed by atoms with Crippen LogP contribution >= 0.6 is 15.9 Å². The van der Waals surface area contributed by atoms with Gasteiger partial charge in [-0.15, -0.1) is 0 Å². The zero-order chi connectivity index (χ0) is 14.8. The maximum Gasteiger partial charge on any atom is 0.257 e. The number of amides is 1. The standard InChI is InChI=1S/C15H17BrN4O/c1-11-8-17-6-7-19(11)15(21)12-9-18-20(10-12)14-4-2-13(16)3-5-14/h2-5,9-11,17H,6-8H2,1H3/t11-/m0/s1. The first kappa shape index (κ1) is 14.3. The number of nitrogens with zero attached hydrogens (tertiary/aromatic N) is 3. The molecule has 0 saturated carbocycles. The van der Waals surface area contributed by atoms with Gasteiger partial charge >= 0.3 is 0 Å². The predicted molar refractivity (Wildman–Crippen MR) is 84.6 cm³/mol. The van der Waals surface area contributed by atoms with Crippen molar-refractivity contribution >= 4 is 21.8 Å². The number of carbonyl (C=O) groups is 1.